The van der Waals surface area contributed by atoms with Gasteiger partial charge in [0.05, 0.1) is 7.11 Å². The van der Waals surface area contributed by atoms with Crippen molar-refractivity contribution in [2.75, 3.05) is 7.11 Å². The summed E-state index contributed by atoms with van der Waals surface area (Å²) in [6.07, 6.45) is -1.65. The van der Waals surface area contributed by atoms with Crippen LogP contribution in [0.15, 0.2) is 30.3 Å². The number of rotatable bonds is 5. The first kappa shape index (κ1) is 17.0. The van der Waals surface area contributed by atoms with Gasteiger partial charge < -0.3 is 9.47 Å². The van der Waals surface area contributed by atoms with Gasteiger partial charge in [0.25, 0.3) is 0 Å². The van der Waals surface area contributed by atoms with Gasteiger partial charge >= 0.3 is 12.1 Å². The van der Waals surface area contributed by atoms with Crippen molar-refractivity contribution in [2.24, 2.45) is 0 Å². The quantitative estimate of drug-likeness (QED) is 0.639. The zero-order chi connectivity index (χ0) is 15.9. The van der Waals surface area contributed by atoms with Crippen LogP contribution in [-0.4, -0.2) is 30.9 Å². The van der Waals surface area contributed by atoms with Gasteiger partial charge in [0, 0.05) is 6.54 Å². The zero-order valence-electron chi connectivity index (χ0n) is 12.8. The van der Waals surface area contributed by atoms with Crippen LogP contribution in [0.2, 0.25) is 0 Å². The molecule has 6 heteroatoms. The van der Waals surface area contributed by atoms with E-state index in [-0.39, 0.29) is 0 Å². The number of hydrogen-bond acceptors (Lipinski definition) is 5. The third kappa shape index (κ3) is 6.76. The van der Waals surface area contributed by atoms with Crippen molar-refractivity contribution in [3.63, 3.8) is 0 Å². The van der Waals surface area contributed by atoms with Crippen LogP contribution >= 0.6 is 0 Å². The highest BCUT2D eigenvalue weighted by Crippen LogP contribution is 2.07. The van der Waals surface area contributed by atoms with E-state index >= 15 is 0 Å². The molecule has 6 nitrogen and oxygen atoms in total. The molecule has 0 fully saturated rings. The first-order valence-electron chi connectivity index (χ1n) is 6.66. The Balaban J connectivity index is 2.60. The lowest BCUT2D eigenvalue weighted by Crippen LogP contribution is -2.52. The summed E-state index contributed by atoms with van der Waals surface area (Å²) >= 11 is 0. The maximum absolute atomic E-state index is 11.7. The van der Waals surface area contributed by atoms with Crippen LogP contribution in [0.5, 0.6) is 0 Å². The highest BCUT2D eigenvalue weighted by molar-refractivity contribution is 5.80. The van der Waals surface area contributed by atoms with E-state index in [1.54, 1.807) is 20.8 Å². The van der Waals surface area contributed by atoms with Crippen molar-refractivity contribution in [1.29, 1.82) is 0 Å². The molecule has 0 saturated carbocycles. The van der Waals surface area contributed by atoms with Gasteiger partial charge in [-0.3, -0.25) is 10.6 Å². The van der Waals surface area contributed by atoms with Crippen LogP contribution in [0.4, 0.5) is 4.79 Å². The predicted octanol–water partition coefficient (Wildman–Crippen LogP) is 1.80. The van der Waals surface area contributed by atoms with Crippen LogP contribution < -0.4 is 10.6 Å². The Bertz CT molecular complexity index is 468. The molecule has 1 rings (SSSR count). The highest BCUT2D eigenvalue weighted by Gasteiger charge is 2.24. The molecule has 0 bridgehead atoms. The smallest absolute Gasteiger partial charge is 0.409 e. The molecule has 116 valence electrons. The SMILES string of the molecule is COC(=O)C(NCc1ccccc1)NC(=O)OC(C)(C)C. The molecule has 1 atom stereocenters. The van der Waals surface area contributed by atoms with E-state index in [0.717, 1.165) is 5.56 Å². The number of carbonyl (C=O) groups is 2. The molecular formula is C15H22N2O4. The van der Waals surface area contributed by atoms with Gasteiger partial charge in [-0.2, -0.15) is 0 Å². The van der Waals surface area contributed by atoms with E-state index < -0.39 is 23.8 Å². The summed E-state index contributed by atoms with van der Waals surface area (Å²) in [5.74, 6) is -0.586. The first-order chi connectivity index (χ1) is 9.81. The Labute approximate surface area is 124 Å². The number of alkyl carbamates (subject to hydrolysis) is 1. The number of ether oxygens (including phenoxy) is 2. The van der Waals surface area contributed by atoms with E-state index in [1.807, 2.05) is 30.3 Å². The lowest BCUT2D eigenvalue weighted by atomic mass is 10.2. The molecular weight excluding hydrogens is 272 g/mol. The van der Waals surface area contributed by atoms with Crippen LogP contribution in [0.3, 0.4) is 0 Å². The van der Waals surface area contributed by atoms with Gasteiger partial charge in [-0.05, 0) is 26.3 Å². The lowest BCUT2D eigenvalue weighted by Gasteiger charge is -2.23. The molecule has 21 heavy (non-hydrogen) atoms. The van der Waals surface area contributed by atoms with Crippen LogP contribution in [0.25, 0.3) is 0 Å². The summed E-state index contributed by atoms with van der Waals surface area (Å²) in [6, 6.07) is 9.51. The average molecular weight is 294 g/mol. The molecule has 0 aliphatic rings. The topological polar surface area (TPSA) is 76.7 Å². The fourth-order valence-electron chi connectivity index (χ4n) is 1.55. The molecule has 0 saturated heterocycles. The number of nitrogens with one attached hydrogen (secondary N) is 2. The minimum Gasteiger partial charge on any atom is -0.466 e. The molecule has 0 radical (unpaired) electrons. The largest absolute Gasteiger partial charge is 0.466 e. The second kappa shape index (κ2) is 7.64. The summed E-state index contributed by atoms with van der Waals surface area (Å²) in [5, 5.41) is 5.36. The van der Waals surface area contributed by atoms with Gasteiger partial charge in [0.1, 0.15) is 5.60 Å². The molecule has 1 amide bonds. The van der Waals surface area contributed by atoms with Crippen LogP contribution in [-0.2, 0) is 20.8 Å². The van der Waals surface area contributed by atoms with Crippen molar-refractivity contribution < 1.29 is 19.1 Å². The number of benzene rings is 1. The Morgan fingerprint density at radius 3 is 2.33 bits per heavy atom. The van der Waals surface area contributed by atoms with E-state index in [0.29, 0.717) is 6.54 Å². The molecule has 0 aliphatic carbocycles. The Kier molecular flexibility index (Phi) is 6.17. The van der Waals surface area contributed by atoms with Crippen molar-refractivity contribution in [3.05, 3.63) is 35.9 Å². The number of amides is 1. The lowest BCUT2D eigenvalue weighted by molar-refractivity contribution is -0.144. The predicted molar refractivity (Wildman–Crippen MR) is 78.5 cm³/mol. The summed E-state index contributed by atoms with van der Waals surface area (Å²) in [6.45, 7) is 5.65. The van der Waals surface area contributed by atoms with E-state index in [1.165, 1.54) is 7.11 Å². The monoisotopic (exact) mass is 294 g/mol. The fourth-order valence-corrected chi connectivity index (χ4v) is 1.55. The molecule has 0 spiro atoms. The van der Waals surface area contributed by atoms with Gasteiger partial charge in [-0.25, -0.2) is 9.59 Å². The first-order valence-corrected chi connectivity index (χ1v) is 6.66. The molecule has 0 heterocycles. The number of esters is 1. The normalized spacial score (nSPS) is 12.4. The second-order valence-corrected chi connectivity index (χ2v) is 5.47. The van der Waals surface area contributed by atoms with Crippen molar-refractivity contribution in [3.8, 4) is 0 Å². The van der Waals surface area contributed by atoms with Crippen LogP contribution in [0, 0.1) is 0 Å². The molecule has 1 aromatic rings. The zero-order valence-corrected chi connectivity index (χ0v) is 12.8. The Morgan fingerprint density at radius 1 is 1.19 bits per heavy atom. The maximum Gasteiger partial charge on any atom is 0.409 e. The fraction of sp³-hybridized carbons (Fsp3) is 0.467. The van der Waals surface area contributed by atoms with Crippen LogP contribution in [0.1, 0.15) is 26.3 Å². The van der Waals surface area contributed by atoms with Gasteiger partial charge in [-0.1, -0.05) is 30.3 Å². The number of carbonyl (C=O) groups excluding carboxylic acids is 2. The van der Waals surface area contributed by atoms with E-state index in [2.05, 4.69) is 15.4 Å². The number of hydrogen-bond donors (Lipinski definition) is 2. The minimum atomic E-state index is -0.968. The summed E-state index contributed by atoms with van der Waals surface area (Å²) in [4.78, 5) is 23.4. The third-order valence-electron chi connectivity index (χ3n) is 2.45. The van der Waals surface area contributed by atoms with Gasteiger partial charge in [0.2, 0.25) is 0 Å². The van der Waals surface area contributed by atoms with Gasteiger partial charge in [0.15, 0.2) is 6.17 Å². The third-order valence-corrected chi connectivity index (χ3v) is 2.45. The van der Waals surface area contributed by atoms with E-state index in [9.17, 15) is 9.59 Å². The Morgan fingerprint density at radius 2 is 1.81 bits per heavy atom. The summed E-state index contributed by atoms with van der Waals surface area (Å²) < 4.78 is 9.78. The van der Waals surface area contributed by atoms with Crippen molar-refractivity contribution >= 4 is 12.1 Å². The molecule has 0 aliphatic heterocycles. The minimum absolute atomic E-state index is 0.413. The van der Waals surface area contributed by atoms with Gasteiger partial charge in [-0.15, -0.1) is 0 Å². The molecule has 1 unspecified atom stereocenters. The maximum atomic E-state index is 11.7. The van der Waals surface area contributed by atoms with Crippen molar-refractivity contribution in [2.45, 2.75) is 39.1 Å². The molecule has 1 aromatic carbocycles. The second-order valence-electron chi connectivity index (χ2n) is 5.47. The average Bonchev–Trinajstić information content (AvgIpc) is 2.41. The highest BCUT2D eigenvalue weighted by atomic mass is 16.6. The number of methoxy groups -OCH3 is 1. The summed E-state index contributed by atoms with van der Waals surface area (Å²) in [7, 11) is 1.26. The van der Waals surface area contributed by atoms with Crippen molar-refractivity contribution in [1.82, 2.24) is 10.6 Å². The summed E-state index contributed by atoms with van der Waals surface area (Å²) in [5.41, 5.74) is 0.349. The standard InChI is InChI=1S/C15H22N2O4/c1-15(2,3)21-14(19)17-12(13(18)20-4)16-10-11-8-6-5-7-9-11/h5-9,12,16H,10H2,1-4H3,(H,17,19). The molecule has 2 N–H and O–H groups in total. The Hall–Kier alpha value is -2.08. The van der Waals surface area contributed by atoms with E-state index in [4.69, 9.17) is 4.74 Å². The molecule has 0 aromatic heterocycles.